The Morgan fingerprint density at radius 3 is 2.58 bits per heavy atom. The van der Waals surface area contributed by atoms with Crippen LogP contribution in [0.4, 0.5) is 5.00 Å². The van der Waals surface area contributed by atoms with E-state index in [0.29, 0.717) is 47.7 Å². The van der Waals surface area contributed by atoms with Crippen LogP contribution in [0.3, 0.4) is 0 Å². The number of piperazine rings is 1. The molecule has 2 aromatic rings. The Kier molecular flexibility index (Phi) is 7.41. The predicted octanol–water partition coefficient (Wildman–Crippen LogP) is 3.73. The van der Waals surface area contributed by atoms with Gasteiger partial charge in [0.25, 0.3) is 0 Å². The number of fused-ring (bicyclic) bond motifs is 1. The number of nitriles is 1. The summed E-state index contributed by atoms with van der Waals surface area (Å²) in [5.74, 6) is 0.470. The van der Waals surface area contributed by atoms with Gasteiger partial charge in [0.05, 0.1) is 17.0 Å². The topological polar surface area (TPSA) is 93.5 Å². The minimum absolute atomic E-state index is 0.167. The molecule has 0 spiro atoms. The standard InChI is InChI=1S/C23H27ClN4O3S2/c1-2-16-3-8-19-20(14-25)23(32-21(19)13-16)26-22(29)15-27-9-11-28(12-10-27)33(30,31)18-6-4-17(24)5-7-18/h4-7,16H,2-3,8-13,15H2,1H3,(H,26,29). The molecule has 1 amide bonds. The number of nitrogens with one attached hydrogen (secondary N) is 1. The van der Waals surface area contributed by atoms with E-state index in [0.717, 1.165) is 31.2 Å². The van der Waals surface area contributed by atoms with Crippen molar-refractivity contribution in [1.82, 2.24) is 9.21 Å². The fourth-order valence-corrected chi connectivity index (χ4v) is 7.34. The van der Waals surface area contributed by atoms with Gasteiger partial charge < -0.3 is 5.32 Å². The molecule has 33 heavy (non-hydrogen) atoms. The highest BCUT2D eigenvalue weighted by atomic mass is 35.5. The van der Waals surface area contributed by atoms with Crippen LogP contribution >= 0.6 is 22.9 Å². The molecule has 1 saturated heterocycles. The molecular formula is C23H27ClN4O3S2. The summed E-state index contributed by atoms with van der Waals surface area (Å²) >= 11 is 7.39. The van der Waals surface area contributed by atoms with Crippen molar-refractivity contribution in [2.45, 2.75) is 37.5 Å². The molecule has 2 heterocycles. The maximum Gasteiger partial charge on any atom is 0.243 e. The lowest BCUT2D eigenvalue weighted by Gasteiger charge is -2.33. The molecule has 1 aromatic heterocycles. The number of hydrogen-bond donors (Lipinski definition) is 1. The van der Waals surface area contributed by atoms with E-state index in [1.165, 1.54) is 32.7 Å². The first kappa shape index (κ1) is 24.2. The first-order chi connectivity index (χ1) is 15.8. The van der Waals surface area contributed by atoms with Gasteiger partial charge in [-0.15, -0.1) is 11.3 Å². The van der Waals surface area contributed by atoms with Crippen molar-refractivity contribution in [3.8, 4) is 6.07 Å². The average Bonchev–Trinajstić information content (AvgIpc) is 3.15. The van der Waals surface area contributed by atoms with Crippen molar-refractivity contribution in [2.75, 3.05) is 38.0 Å². The lowest BCUT2D eigenvalue weighted by atomic mass is 9.86. The zero-order valence-electron chi connectivity index (χ0n) is 18.5. The first-order valence-corrected chi connectivity index (χ1v) is 13.8. The van der Waals surface area contributed by atoms with E-state index in [2.05, 4.69) is 18.3 Å². The number of rotatable bonds is 6. The molecule has 1 aromatic carbocycles. The summed E-state index contributed by atoms with van der Waals surface area (Å²) in [6, 6.07) is 8.43. The van der Waals surface area contributed by atoms with Crippen molar-refractivity contribution in [2.24, 2.45) is 5.92 Å². The number of halogens is 1. The van der Waals surface area contributed by atoms with Crippen LogP contribution in [0.2, 0.25) is 5.02 Å². The molecule has 10 heteroatoms. The van der Waals surface area contributed by atoms with Gasteiger partial charge in [-0.2, -0.15) is 9.57 Å². The largest absolute Gasteiger partial charge is 0.315 e. The Morgan fingerprint density at radius 1 is 1.24 bits per heavy atom. The van der Waals surface area contributed by atoms with Crippen molar-refractivity contribution in [3.63, 3.8) is 0 Å². The van der Waals surface area contributed by atoms with Gasteiger partial charge in [-0.1, -0.05) is 24.9 Å². The Hall–Kier alpha value is -1.96. The van der Waals surface area contributed by atoms with Crippen molar-refractivity contribution < 1.29 is 13.2 Å². The quantitative estimate of drug-likeness (QED) is 0.644. The highest BCUT2D eigenvalue weighted by Crippen LogP contribution is 2.40. The van der Waals surface area contributed by atoms with Crippen LogP contribution in [0.5, 0.6) is 0 Å². The Morgan fingerprint density at radius 2 is 1.94 bits per heavy atom. The average molecular weight is 507 g/mol. The minimum atomic E-state index is -3.58. The smallest absolute Gasteiger partial charge is 0.243 e. The van der Waals surface area contributed by atoms with Gasteiger partial charge in [0.1, 0.15) is 11.1 Å². The molecule has 7 nitrogen and oxygen atoms in total. The molecular weight excluding hydrogens is 480 g/mol. The highest BCUT2D eigenvalue weighted by Gasteiger charge is 2.30. The molecule has 1 aliphatic carbocycles. The van der Waals surface area contributed by atoms with Gasteiger partial charge in [-0.05, 0) is 55.0 Å². The summed E-state index contributed by atoms with van der Waals surface area (Å²) in [5, 5.41) is 13.7. The number of anilines is 1. The van der Waals surface area contributed by atoms with Gasteiger partial charge in [0.2, 0.25) is 15.9 Å². The van der Waals surface area contributed by atoms with Crippen LogP contribution < -0.4 is 5.32 Å². The number of thiophene rings is 1. The molecule has 1 unspecified atom stereocenters. The molecule has 4 rings (SSSR count). The zero-order valence-corrected chi connectivity index (χ0v) is 20.9. The number of nitrogens with zero attached hydrogens (tertiary/aromatic N) is 3. The van der Waals surface area contributed by atoms with E-state index in [1.54, 1.807) is 12.1 Å². The molecule has 0 bridgehead atoms. The van der Waals surface area contributed by atoms with Crippen LogP contribution in [0.15, 0.2) is 29.2 Å². The second-order valence-corrected chi connectivity index (χ2v) is 12.0. The Labute approximate surface area is 204 Å². The van der Waals surface area contributed by atoms with E-state index >= 15 is 0 Å². The summed E-state index contributed by atoms with van der Waals surface area (Å²) < 4.78 is 27.1. The molecule has 0 saturated carbocycles. The van der Waals surface area contributed by atoms with Crippen LogP contribution in [-0.4, -0.2) is 56.3 Å². The van der Waals surface area contributed by atoms with Crippen LogP contribution in [-0.2, 0) is 27.7 Å². The summed E-state index contributed by atoms with van der Waals surface area (Å²) in [6.45, 7) is 3.91. The fourth-order valence-electron chi connectivity index (χ4n) is 4.46. The third-order valence-electron chi connectivity index (χ3n) is 6.46. The lowest BCUT2D eigenvalue weighted by Crippen LogP contribution is -2.50. The summed E-state index contributed by atoms with van der Waals surface area (Å²) in [7, 11) is -3.58. The van der Waals surface area contributed by atoms with E-state index in [9.17, 15) is 18.5 Å². The number of carbonyl (C=O) groups excluding carboxylic acids is 1. The Bertz CT molecular complexity index is 1160. The van der Waals surface area contributed by atoms with Gasteiger partial charge >= 0.3 is 0 Å². The second-order valence-electron chi connectivity index (χ2n) is 8.52. The number of sulfonamides is 1. The summed E-state index contributed by atoms with van der Waals surface area (Å²) in [4.78, 5) is 16.1. The monoisotopic (exact) mass is 506 g/mol. The van der Waals surface area contributed by atoms with E-state index in [1.807, 2.05) is 4.90 Å². The normalized spacial score (nSPS) is 19.6. The van der Waals surface area contributed by atoms with E-state index in [4.69, 9.17) is 11.6 Å². The van der Waals surface area contributed by atoms with E-state index in [-0.39, 0.29) is 17.3 Å². The number of hydrogen-bond acceptors (Lipinski definition) is 6. The molecule has 1 atom stereocenters. The lowest BCUT2D eigenvalue weighted by molar-refractivity contribution is -0.117. The maximum absolute atomic E-state index is 12.8. The SMILES string of the molecule is CCC1CCc2c(sc(NC(=O)CN3CCN(S(=O)(=O)c4ccc(Cl)cc4)CC3)c2C#N)C1. The second kappa shape index (κ2) is 10.1. The van der Waals surface area contributed by atoms with Crippen LogP contribution in [0.25, 0.3) is 0 Å². The summed E-state index contributed by atoms with van der Waals surface area (Å²) in [6.07, 6.45) is 4.09. The number of amides is 1. The van der Waals surface area contributed by atoms with E-state index < -0.39 is 10.0 Å². The van der Waals surface area contributed by atoms with Gasteiger partial charge in [-0.25, -0.2) is 8.42 Å². The number of benzene rings is 1. The fraction of sp³-hybridized carbons (Fsp3) is 0.478. The van der Waals surface area contributed by atoms with Crippen LogP contribution in [0.1, 0.15) is 35.8 Å². The van der Waals surface area contributed by atoms with Crippen LogP contribution in [0, 0.1) is 17.2 Å². The number of carbonyl (C=O) groups is 1. The predicted molar refractivity (Wildman–Crippen MR) is 130 cm³/mol. The minimum Gasteiger partial charge on any atom is -0.315 e. The van der Waals surface area contributed by atoms with Crippen molar-refractivity contribution in [3.05, 3.63) is 45.3 Å². The van der Waals surface area contributed by atoms with Crippen molar-refractivity contribution >= 4 is 43.9 Å². The van der Waals surface area contributed by atoms with Gasteiger partial charge in [0, 0.05) is 36.1 Å². The Balaban J connectivity index is 1.34. The third-order valence-corrected chi connectivity index (χ3v) is 9.79. The molecule has 1 aliphatic heterocycles. The van der Waals surface area contributed by atoms with Gasteiger partial charge in [-0.3, -0.25) is 9.69 Å². The molecule has 0 radical (unpaired) electrons. The first-order valence-electron chi connectivity index (χ1n) is 11.1. The van der Waals surface area contributed by atoms with Crippen molar-refractivity contribution in [1.29, 1.82) is 5.26 Å². The molecule has 1 fully saturated rings. The molecule has 1 N–H and O–H groups in total. The highest BCUT2D eigenvalue weighted by molar-refractivity contribution is 7.89. The zero-order chi connectivity index (χ0) is 23.6. The summed E-state index contributed by atoms with van der Waals surface area (Å²) in [5.41, 5.74) is 1.71. The van der Waals surface area contributed by atoms with Gasteiger partial charge in [0.15, 0.2) is 0 Å². The third kappa shape index (κ3) is 5.26. The molecule has 176 valence electrons. The molecule has 2 aliphatic rings. The maximum atomic E-state index is 12.8.